The highest BCUT2D eigenvalue weighted by atomic mass is 19.4. The second kappa shape index (κ2) is 3.98. The van der Waals surface area contributed by atoms with E-state index >= 15 is 0 Å². The third-order valence-electron chi connectivity index (χ3n) is 4.40. The van der Waals surface area contributed by atoms with Crippen LogP contribution < -0.4 is 5.32 Å². The maximum Gasteiger partial charge on any atom is 0.416 e. The maximum absolute atomic E-state index is 12.5. The van der Waals surface area contributed by atoms with Gasteiger partial charge >= 0.3 is 6.18 Å². The van der Waals surface area contributed by atoms with E-state index in [2.05, 4.69) is 5.32 Å². The van der Waals surface area contributed by atoms with Gasteiger partial charge < -0.3 is 5.32 Å². The molecule has 1 saturated heterocycles. The van der Waals surface area contributed by atoms with E-state index < -0.39 is 11.7 Å². The van der Waals surface area contributed by atoms with Gasteiger partial charge in [-0.2, -0.15) is 13.2 Å². The van der Waals surface area contributed by atoms with E-state index in [4.69, 9.17) is 0 Å². The molecule has 2 fully saturated rings. The standard InChI is InChI=1S/C14H16F3N/c15-14(16,17)12-3-1-11(2-4-12)13-7-5-10(9-13)6-8-18-13/h1-4,10,18H,5-9H2. The van der Waals surface area contributed by atoms with Gasteiger partial charge in [0.05, 0.1) is 5.56 Å². The van der Waals surface area contributed by atoms with Crippen molar-refractivity contribution in [2.45, 2.75) is 37.4 Å². The number of piperidine rings is 1. The summed E-state index contributed by atoms with van der Waals surface area (Å²) < 4.78 is 37.6. The van der Waals surface area contributed by atoms with Crippen molar-refractivity contribution in [3.8, 4) is 0 Å². The molecular weight excluding hydrogens is 239 g/mol. The van der Waals surface area contributed by atoms with Crippen LogP contribution in [0.3, 0.4) is 0 Å². The van der Waals surface area contributed by atoms with Gasteiger partial charge in [0.1, 0.15) is 0 Å². The molecule has 1 aliphatic carbocycles. The van der Waals surface area contributed by atoms with Crippen LogP contribution in [-0.4, -0.2) is 6.54 Å². The Balaban J connectivity index is 1.89. The number of halogens is 3. The topological polar surface area (TPSA) is 12.0 Å². The minimum absolute atomic E-state index is 0.0625. The second-order valence-corrected chi connectivity index (χ2v) is 5.48. The molecule has 98 valence electrons. The zero-order chi connectivity index (χ0) is 12.8. The molecule has 0 spiro atoms. The Morgan fingerprint density at radius 3 is 2.50 bits per heavy atom. The zero-order valence-electron chi connectivity index (χ0n) is 10.1. The molecule has 4 heteroatoms. The third-order valence-corrected chi connectivity index (χ3v) is 4.40. The fourth-order valence-electron chi connectivity index (χ4n) is 3.41. The lowest BCUT2D eigenvalue weighted by molar-refractivity contribution is -0.137. The molecule has 2 atom stereocenters. The van der Waals surface area contributed by atoms with Gasteiger partial charge in [0.25, 0.3) is 0 Å². The van der Waals surface area contributed by atoms with E-state index in [1.54, 1.807) is 12.1 Å². The molecule has 1 nitrogen and oxygen atoms in total. The molecule has 2 unspecified atom stereocenters. The van der Waals surface area contributed by atoms with Crippen molar-refractivity contribution in [2.75, 3.05) is 6.54 Å². The highest BCUT2D eigenvalue weighted by Gasteiger charge is 2.43. The van der Waals surface area contributed by atoms with E-state index in [9.17, 15) is 13.2 Å². The maximum atomic E-state index is 12.5. The molecule has 0 amide bonds. The summed E-state index contributed by atoms with van der Waals surface area (Å²) in [5.74, 6) is 0.744. The molecule has 1 saturated carbocycles. The highest BCUT2D eigenvalue weighted by Crippen LogP contribution is 2.46. The number of hydrogen-bond donors (Lipinski definition) is 1. The zero-order valence-corrected chi connectivity index (χ0v) is 10.1. The van der Waals surface area contributed by atoms with Crippen molar-refractivity contribution < 1.29 is 13.2 Å². The van der Waals surface area contributed by atoms with Crippen LogP contribution in [0.1, 0.15) is 36.8 Å². The lowest BCUT2D eigenvalue weighted by Crippen LogP contribution is -2.43. The summed E-state index contributed by atoms with van der Waals surface area (Å²) in [7, 11) is 0. The van der Waals surface area contributed by atoms with Gasteiger partial charge in [-0.05, 0) is 55.8 Å². The fraction of sp³-hybridized carbons (Fsp3) is 0.571. The van der Waals surface area contributed by atoms with Crippen LogP contribution >= 0.6 is 0 Å². The van der Waals surface area contributed by atoms with Crippen molar-refractivity contribution in [2.24, 2.45) is 5.92 Å². The van der Waals surface area contributed by atoms with Crippen LogP contribution in [0, 0.1) is 5.92 Å². The van der Waals surface area contributed by atoms with Crippen molar-refractivity contribution in [3.63, 3.8) is 0 Å². The van der Waals surface area contributed by atoms with E-state index in [0.29, 0.717) is 0 Å². The average Bonchev–Trinajstić information content (AvgIpc) is 2.65. The molecule has 18 heavy (non-hydrogen) atoms. The van der Waals surface area contributed by atoms with Crippen LogP contribution in [0.25, 0.3) is 0 Å². The summed E-state index contributed by atoms with van der Waals surface area (Å²) in [6.45, 7) is 0.978. The van der Waals surface area contributed by atoms with Crippen LogP contribution in [0.5, 0.6) is 0 Å². The lowest BCUT2D eigenvalue weighted by atomic mass is 9.84. The van der Waals surface area contributed by atoms with Crippen molar-refractivity contribution >= 4 is 0 Å². The predicted molar refractivity (Wildman–Crippen MR) is 63.1 cm³/mol. The normalized spacial score (nSPS) is 31.6. The minimum Gasteiger partial charge on any atom is -0.307 e. The monoisotopic (exact) mass is 255 g/mol. The molecule has 0 radical (unpaired) electrons. The Morgan fingerprint density at radius 1 is 1.11 bits per heavy atom. The van der Waals surface area contributed by atoms with Gasteiger partial charge in [0.15, 0.2) is 0 Å². The molecule has 1 N–H and O–H groups in total. The van der Waals surface area contributed by atoms with Gasteiger partial charge in [-0.3, -0.25) is 0 Å². The van der Waals surface area contributed by atoms with E-state index in [1.807, 2.05) is 0 Å². The first kappa shape index (κ1) is 12.0. The number of benzene rings is 1. The smallest absolute Gasteiger partial charge is 0.307 e. The molecule has 1 aliphatic heterocycles. The molecule has 0 aromatic heterocycles. The largest absolute Gasteiger partial charge is 0.416 e. The van der Waals surface area contributed by atoms with Crippen LogP contribution in [0.15, 0.2) is 24.3 Å². The summed E-state index contributed by atoms with van der Waals surface area (Å²) in [4.78, 5) is 0. The molecule has 3 rings (SSSR count). The second-order valence-electron chi connectivity index (χ2n) is 5.48. The van der Waals surface area contributed by atoms with Gasteiger partial charge in [-0.25, -0.2) is 0 Å². The number of fused-ring (bicyclic) bond motifs is 2. The van der Waals surface area contributed by atoms with E-state index in [0.717, 1.165) is 30.9 Å². The molecule has 2 aliphatic rings. The summed E-state index contributed by atoms with van der Waals surface area (Å²) in [6, 6.07) is 5.69. The predicted octanol–water partition coefficient (Wildman–Crippen LogP) is 3.69. The van der Waals surface area contributed by atoms with Crippen molar-refractivity contribution in [1.82, 2.24) is 5.32 Å². The summed E-state index contributed by atoms with van der Waals surface area (Å²) in [5, 5.41) is 3.52. The highest BCUT2D eigenvalue weighted by molar-refractivity contribution is 5.31. The Bertz CT molecular complexity index is 433. The summed E-state index contributed by atoms with van der Waals surface area (Å²) in [5.41, 5.74) is 0.387. The SMILES string of the molecule is FC(F)(F)c1ccc(C23CCC(CCN2)C3)cc1. The molecule has 2 bridgehead atoms. The Hall–Kier alpha value is -1.03. The van der Waals surface area contributed by atoms with Gasteiger partial charge in [0.2, 0.25) is 0 Å². The Kier molecular flexibility index (Phi) is 2.66. The molecule has 1 aromatic carbocycles. The molecule has 1 aromatic rings. The first-order chi connectivity index (χ1) is 8.50. The molecule has 1 heterocycles. The van der Waals surface area contributed by atoms with Crippen LogP contribution in [0.4, 0.5) is 13.2 Å². The number of hydrogen-bond acceptors (Lipinski definition) is 1. The number of alkyl halides is 3. The quantitative estimate of drug-likeness (QED) is 0.807. The van der Waals surface area contributed by atoms with Crippen molar-refractivity contribution in [3.05, 3.63) is 35.4 Å². The number of nitrogens with one attached hydrogen (secondary N) is 1. The van der Waals surface area contributed by atoms with Gasteiger partial charge in [-0.1, -0.05) is 12.1 Å². The molecular formula is C14H16F3N. The van der Waals surface area contributed by atoms with Crippen LogP contribution in [0.2, 0.25) is 0 Å². The van der Waals surface area contributed by atoms with Gasteiger partial charge in [0, 0.05) is 5.54 Å². The van der Waals surface area contributed by atoms with Crippen molar-refractivity contribution in [1.29, 1.82) is 0 Å². The minimum atomic E-state index is -4.24. The average molecular weight is 255 g/mol. The first-order valence-corrected chi connectivity index (χ1v) is 6.42. The first-order valence-electron chi connectivity index (χ1n) is 6.42. The number of rotatable bonds is 1. The third kappa shape index (κ3) is 1.92. The van der Waals surface area contributed by atoms with E-state index in [-0.39, 0.29) is 5.54 Å². The summed E-state index contributed by atoms with van der Waals surface area (Å²) >= 11 is 0. The Morgan fingerprint density at radius 2 is 1.83 bits per heavy atom. The Labute approximate surface area is 104 Å². The van der Waals surface area contributed by atoms with Gasteiger partial charge in [-0.15, -0.1) is 0 Å². The summed E-state index contributed by atoms with van der Waals surface area (Å²) in [6.07, 6.45) is 0.256. The van der Waals surface area contributed by atoms with E-state index in [1.165, 1.54) is 25.0 Å². The fourth-order valence-corrected chi connectivity index (χ4v) is 3.41. The van der Waals surface area contributed by atoms with Crippen LogP contribution in [-0.2, 0) is 11.7 Å². The lowest BCUT2D eigenvalue weighted by Gasteiger charge is -2.35.